The normalized spacial score (nSPS) is 9.93. The summed E-state index contributed by atoms with van der Waals surface area (Å²) in [6.07, 6.45) is 0. The van der Waals surface area contributed by atoms with Gasteiger partial charge < -0.3 is 9.47 Å². The Balaban J connectivity index is 3.15. The van der Waals surface area contributed by atoms with Crippen molar-refractivity contribution in [1.82, 2.24) is 0 Å². The molecular weight excluding hydrogens is 248 g/mol. The smallest absolute Gasteiger partial charge is 0.339 e. The van der Waals surface area contributed by atoms with Crippen molar-refractivity contribution >= 4 is 21.9 Å². The van der Waals surface area contributed by atoms with Crippen LogP contribution in [0.3, 0.4) is 0 Å². The van der Waals surface area contributed by atoms with Gasteiger partial charge in [-0.15, -0.1) is 0 Å². The Hall–Kier alpha value is -0.870. The largest absolute Gasteiger partial charge is 0.465 e. The number of ether oxygens (including phenoxy) is 2. The second-order valence-corrected chi connectivity index (χ2v) is 3.55. The van der Waals surface area contributed by atoms with E-state index >= 15 is 0 Å². The SMILES string of the molecule is COCc1cccc(Br)c1C(=O)OC. The molecule has 0 heterocycles. The van der Waals surface area contributed by atoms with Crippen LogP contribution < -0.4 is 0 Å². The highest BCUT2D eigenvalue weighted by Crippen LogP contribution is 2.22. The summed E-state index contributed by atoms with van der Waals surface area (Å²) >= 11 is 3.30. The summed E-state index contributed by atoms with van der Waals surface area (Å²) in [5.74, 6) is -0.357. The molecule has 0 N–H and O–H groups in total. The summed E-state index contributed by atoms with van der Waals surface area (Å²) in [5.41, 5.74) is 1.34. The second kappa shape index (κ2) is 5.12. The van der Waals surface area contributed by atoms with E-state index in [4.69, 9.17) is 4.74 Å². The summed E-state index contributed by atoms with van der Waals surface area (Å²) in [6, 6.07) is 5.48. The van der Waals surface area contributed by atoms with Crippen LogP contribution in [0.5, 0.6) is 0 Å². The van der Waals surface area contributed by atoms with Crippen LogP contribution in [-0.2, 0) is 16.1 Å². The van der Waals surface area contributed by atoms with Gasteiger partial charge in [-0.05, 0) is 27.6 Å². The summed E-state index contributed by atoms with van der Waals surface area (Å²) < 4.78 is 10.4. The molecule has 0 fully saturated rings. The van der Waals surface area contributed by atoms with Crippen LogP contribution in [0.1, 0.15) is 15.9 Å². The highest BCUT2D eigenvalue weighted by Gasteiger charge is 2.14. The Kier molecular flexibility index (Phi) is 4.10. The van der Waals surface area contributed by atoms with E-state index in [9.17, 15) is 4.79 Å². The molecule has 0 bridgehead atoms. The molecule has 1 aromatic carbocycles. The number of carbonyl (C=O) groups excluding carboxylic acids is 1. The summed E-state index contributed by atoms with van der Waals surface area (Å²) in [7, 11) is 2.94. The van der Waals surface area contributed by atoms with E-state index in [1.54, 1.807) is 13.2 Å². The number of hydrogen-bond donors (Lipinski definition) is 0. The molecule has 1 aromatic rings. The summed E-state index contributed by atoms with van der Waals surface area (Å²) in [4.78, 5) is 11.4. The third-order valence-corrected chi connectivity index (χ3v) is 2.45. The Morgan fingerprint density at radius 2 is 2.14 bits per heavy atom. The molecule has 0 radical (unpaired) electrons. The number of methoxy groups -OCH3 is 2. The van der Waals surface area contributed by atoms with Crippen LogP contribution in [0.25, 0.3) is 0 Å². The van der Waals surface area contributed by atoms with Crippen LogP contribution in [0.15, 0.2) is 22.7 Å². The van der Waals surface area contributed by atoms with Crippen LogP contribution in [0.4, 0.5) is 0 Å². The van der Waals surface area contributed by atoms with E-state index in [0.717, 1.165) is 10.0 Å². The van der Waals surface area contributed by atoms with E-state index in [0.29, 0.717) is 12.2 Å². The minimum Gasteiger partial charge on any atom is -0.465 e. The Labute approximate surface area is 91.1 Å². The van der Waals surface area contributed by atoms with E-state index < -0.39 is 0 Å². The lowest BCUT2D eigenvalue weighted by Crippen LogP contribution is -2.07. The van der Waals surface area contributed by atoms with Gasteiger partial charge in [0.2, 0.25) is 0 Å². The molecule has 14 heavy (non-hydrogen) atoms. The van der Waals surface area contributed by atoms with Crippen LogP contribution in [0, 0.1) is 0 Å². The maximum Gasteiger partial charge on any atom is 0.339 e. The van der Waals surface area contributed by atoms with E-state index in [1.807, 2.05) is 12.1 Å². The third-order valence-electron chi connectivity index (χ3n) is 1.79. The Morgan fingerprint density at radius 1 is 1.43 bits per heavy atom. The average molecular weight is 259 g/mol. The lowest BCUT2D eigenvalue weighted by atomic mass is 10.1. The standard InChI is InChI=1S/C10H11BrO3/c1-13-6-7-4-3-5-8(11)9(7)10(12)14-2/h3-5H,6H2,1-2H3. The monoisotopic (exact) mass is 258 g/mol. The van der Waals surface area contributed by atoms with Crippen molar-refractivity contribution in [1.29, 1.82) is 0 Å². The maximum absolute atomic E-state index is 11.4. The van der Waals surface area contributed by atoms with E-state index in [2.05, 4.69) is 20.7 Å². The predicted molar refractivity (Wildman–Crippen MR) is 56.2 cm³/mol. The molecule has 76 valence electrons. The molecule has 3 nitrogen and oxygen atoms in total. The molecule has 0 saturated heterocycles. The molecule has 0 atom stereocenters. The van der Waals surface area contributed by atoms with Crippen LogP contribution in [-0.4, -0.2) is 20.2 Å². The first-order valence-corrected chi connectivity index (χ1v) is 4.84. The average Bonchev–Trinajstić information content (AvgIpc) is 2.18. The van der Waals surface area contributed by atoms with Gasteiger partial charge in [0.1, 0.15) is 0 Å². The first kappa shape index (κ1) is 11.2. The predicted octanol–water partition coefficient (Wildman–Crippen LogP) is 2.38. The topological polar surface area (TPSA) is 35.5 Å². The third kappa shape index (κ3) is 2.33. The van der Waals surface area contributed by atoms with Gasteiger partial charge in [0.05, 0.1) is 19.3 Å². The Morgan fingerprint density at radius 3 is 2.71 bits per heavy atom. The molecule has 0 aliphatic rings. The Bertz CT molecular complexity index is 336. The molecule has 0 aromatic heterocycles. The lowest BCUT2D eigenvalue weighted by molar-refractivity contribution is 0.0594. The van der Waals surface area contributed by atoms with Gasteiger partial charge in [0.15, 0.2) is 0 Å². The maximum atomic E-state index is 11.4. The van der Waals surface area contributed by atoms with Crippen molar-refractivity contribution in [3.63, 3.8) is 0 Å². The summed E-state index contributed by atoms with van der Waals surface area (Å²) in [5, 5.41) is 0. The van der Waals surface area contributed by atoms with Gasteiger partial charge in [-0.2, -0.15) is 0 Å². The van der Waals surface area contributed by atoms with Crippen LogP contribution >= 0.6 is 15.9 Å². The molecule has 0 unspecified atom stereocenters. The van der Waals surface area contributed by atoms with Gasteiger partial charge in [-0.1, -0.05) is 12.1 Å². The van der Waals surface area contributed by atoms with Crippen molar-refractivity contribution in [2.75, 3.05) is 14.2 Å². The molecule has 0 aliphatic heterocycles. The zero-order valence-corrected chi connectivity index (χ0v) is 9.63. The van der Waals surface area contributed by atoms with Gasteiger partial charge in [-0.25, -0.2) is 4.79 Å². The first-order chi connectivity index (χ1) is 6.70. The zero-order chi connectivity index (χ0) is 10.6. The second-order valence-electron chi connectivity index (χ2n) is 2.70. The van der Waals surface area contributed by atoms with Gasteiger partial charge >= 0.3 is 5.97 Å². The van der Waals surface area contributed by atoms with Gasteiger partial charge in [-0.3, -0.25) is 0 Å². The highest BCUT2D eigenvalue weighted by atomic mass is 79.9. The van der Waals surface area contributed by atoms with Gasteiger partial charge in [0.25, 0.3) is 0 Å². The highest BCUT2D eigenvalue weighted by molar-refractivity contribution is 9.10. The molecular formula is C10H11BrO3. The number of esters is 1. The molecule has 4 heteroatoms. The number of carbonyl (C=O) groups is 1. The van der Waals surface area contributed by atoms with Crippen molar-refractivity contribution in [3.05, 3.63) is 33.8 Å². The van der Waals surface area contributed by atoms with Crippen molar-refractivity contribution in [3.8, 4) is 0 Å². The van der Waals surface area contributed by atoms with Crippen LogP contribution in [0.2, 0.25) is 0 Å². The summed E-state index contributed by atoms with van der Waals surface area (Å²) in [6.45, 7) is 0.393. The fourth-order valence-electron chi connectivity index (χ4n) is 1.18. The minimum absolute atomic E-state index is 0.357. The van der Waals surface area contributed by atoms with Gasteiger partial charge in [0, 0.05) is 11.6 Å². The fraction of sp³-hybridized carbons (Fsp3) is 0.300. The molecule has 1 rings (SSSR count). The first-order valence-electron chi connectivity index (χ1n) is 4.05. The van der Waals surface area contributed by atoms with Crippen molar-refractivity contribution in [2.45, 2.75) is 6.61 Å². The quantitative estimate of drug-likeness (QED) is 0.782. The minimum atomic E-state index is -0.357. The molecule has 0 amide bonds. The molecule has 0 saturated carbocycles. The zero-order valence-electron chi connectivity index (χ0n) is 8.04. The van der Waals surface area contributed by atoms with E-state index in [1.165, 1.54) is 7.11 Å². The van der Waals surface area contributed by atoms with Crippen molar-refractivity contribution < 1.29 is 14.3 Å². The molecule has 0 spiro atoms. The number of benzene rings is 1. The number of rotatable bonds is 3. The lowest BCUT2D eigenvalue weighted by Gasteiger charge is -2.08. The molecule has 0 aliphatic carbocycles. The number of hydrogen-bond acceptors (Lipinski definition) is 3. The number of halogens is 1. The fourth-order valence-corrected chi connectivity index (χ4v) is 1.74. The van der Waals surface area contributed by atoms with E-state index in [-0.39, 0.29) is 5.97 Å². The van der Waals surface area contributed by atoms with Crippen molar-refractivity contribution in [2.24, 2.45) is 0 Å².